The average molecular weight is 256 g/mol. The lowest BCUT2D eigenvalue weighted by Gasteiger charge is -2.27. The van der Waals surface area contributed by atoms with Gasteiger partial charge in [-0.05, 0) is 37.1 Å². The number of nitrogens with one attached hydrogen (secondary N) is 2. The summed E-state index contributed by atoms with van der Waals surface area (Å²) in [5.41, 5.74) is 0. The van der Waals surface area contributed by atoms with Crippen LogP contribution in [-0.4, -0.2) is 36.2 Å². The Morgan fingerprint density at radius 2 is 1.89 bits per heavy atom. The van der Waals surface area contributed by atoms with E-state index in [0.717, 1.165) is 6.54 Å². The van der Waals surface area contributed by atoms with Crippen LogP contribution < -0.4 is 10.6 Å². The van der Waals surface area contributed by atoms with Gasteiger partial charge in [0.2, 0.25) is 5.91 Å². The van der Waals surface area contributed by atoms with Crippen LogP contribution in [0.4, 0.5) is 0 Å². The monoisotopic (exact) mass is 256 g/mol. The average Bonchev–Trinajstić information content (AvgIpc) is 3.08. The molecule has 0 aromatic heterocycles. The molecule has 1 saturated carbocycles. The Labute approximate surface area is 111 Å². The Balaban J connectivity index is 2.40. The quantitative estimate of drug-likeness (QED) is 0.610. The Morgan fingerprint density at radius 1 is 1.28 bits per heavy atom. The highest BCUT2D eigenvalue weighted by Gasteiger charge is 2.29. The number of carbonyl (C=O) groups is 1. The first kappa shape index (κ1) is 15.4. The van der Waals surface area contributed by atoms with Crippen molar-refractivity contribution in [3.05, 3.63) is 0 Å². The minimum atomic E-state index is -0.956. The first-order valence-corrected chi connectivity index (χ1v) is 7.11. The summed E-state index contributed by atoms with van der Waals surface area (Å²) in [7, 11) is 0. The van der Waals surface area contributed by atoms with Gasteiger partial charge in [0.05, 0.1) is 0 Å². The van der Waals surface area contributed by atoms with Gasteiger partial charge < -0.3 is 15.7 Å². The number of hydrogen-bond acceptors (Lipinski definition) is 3. The second-order valence-corrected chi connectivity index (χ2v) is 6.21. The molecule has 0 bridgehead atoms. The van der Waals surface area contributed by atoms with Crippen LogP contribution in [0.25, 0.3) is 0 Å². The van der Waals surface area contributed by atoms with Crippen molar-refractivity contribution >= 4 is 5.91 Å². The largest absolute Gasteiger partial charge is 0.382 e. The lowest BCUT2D eigenvalue weighted by atomic mass is 9.97. The Bertz CT molecular complexity index is 263. The third kappa shape index (κ3) is 5.36. The third-order valence-electron chi connectivity index (χ3n) is 3.35. The molecule has 2 atom stereocenters. The summed E-state index contributed by atoms with van der Waals surface area (Å²) < 4.78 is 0. The molecule has 0 aliphatic heterocycles. The van der Waals surface area contributed by atoms with Crippen LogP contribution in [0.5, 0.6) is 0 Å². The van der Waals surface area contributed by atoms with Crippen LogP contribution in [0.3, 0.4) is 0 Å². The van der Waals surface area contributed by atoms with Gasteiger partial charge in [0, 0.05) is 12.6 Å². The van der Waals surface area contributed by atoms with Crippen LogP contribution in [0.15, 0.2) is 0 Å². The molecule has 1 amide bonds. The first-order chi connectivity index (χ1) is 8.41. The normalized spacial score (nSPS) is 19.1. The van der Waals surface area contributed by atoms with Crippen molar-refractivity contribution in [2.45, 2.75) is 52.7 Å². The fraction of sp³-hybridized carbons (Fsp3) is 0.929. The summed E-state index contributed by atoms with van der Waals surface area (Å²) in [5, 5.41) is 16.2. The summed E-state index contributed by atoms with van der Waals surface area (Å²) >= 11 is 0. The maximum absolute atomic E-state index is 11.9. The molecule has 2 unspecified atom stereocenters. The zero-order valence-corrected chi connectivity index (χ0v) is 12.1. The van der Waals surface area contributed by atoms with E-state index in [9.17, 15) is 9.90 Å². The van der Waals surface area contributed by atoms with Crippen LogP contribution in [0.1, 0.15) is 40.5 Å². The maximum Gasteiger partial charge on any atom is 0.250 e. The van der Waals surface area contributed by atoms with Crippen molar-refractivity contribution in [3.63, 3.8) is 0 Å². The van der Waals surface area contributed by atoms with Crippen LogP contribution >= 0.6 is 0 Å². The summed E-state index contributed by atoms with van der Waals surface area (Å²) in [4.78, 5) is 11.9. The van der Waals surface area contributed by atoms with Crippen LogP contribution in [-0.2, 0) is 4.79 Å². The maximum atomic E-state index is 11.9. The van der Waals surface area contributed by atoms with Crippen LogP contribution in [0, 0.1) is 17.8 Å². The second kappa shape index (κ2) is 7.10. The minimum Gasteiger partial charge on any atom is -0.382 e. The zero-order valence-electron chi connectivity index (χ0n) is 12.1. The number of rotatable bonds is 8. The van der Waals surface area contributed by atoms with Gasteiger partial charge in [-0.2, -0.15) is 0 Å². The summed E-state index contributed by atoms with van der Waals surface area (Å²) in [5.74, 6) is 1.14. The molecule has 0 spiro atoms. The predicted octanol–water partition coefficient (Wildman–Crippen LogP) is 1.14. The van der Waals surface area contributed by atoms with Crippen LogP contribution in [0.2, 0.25) is 0 Å². The standard InChI is InChI=1S/C14H28N2O2/c1-9(2)7-15-12(10(3)4)13(17)14(18)16-8-11-5-6-11/h9-13,15,17H,5-8H2,1-4H3,(H,16,18). The number of aliphatic hydroxyl groups is 1. The molecular formula is C14H28N2O2. The van der Waals surface area contributed by atoms with E-state index < -0.39 is 6.10 Å². The number of carbonyl (C=O) groups excluding carboxylic acids is 1. The molecule has 1 aliphatic rings. The molecule has 0 radical (unpaired) electrons. The summed E-state index contributed by atoms with van der Waals surface area (Å²) in [6.07, 6.45) is 1.45. The lowest BCUT2D eigenvalue weighted by molar-refractivity contribution is -0.131. The van der Waals surface area contributed by atoms with Gasteiger partial charge in [0.25, 0.3) is 0 Å². The van der Waals surface area contributed by atoms with E-state index in [1.165, 1.54) is 12.8 Å². The van der Waals surface area contributed by atoms with Gasteiger partial charge in [-0.1, -0.05) is 27.7 Å². The van der Waals surface area contributed by atoms with Crippen molar-refractivity contribution < 1.29 is 9.90 Å². The molecule has 1 rings (SSSR count). The highest BCUT2D eigenvalue weighted by atomic mass is 16.3. The van der Waals surface area contributed by atoms with Crippen molar-refractivity contribution in [3.8, 4) is 0 Å². The van der Waals surface area contributed by atoms with Gasteiger partial charge in [0.1, 0.15) is 6.10 Å². The van der Waals surface area contributed by atoms with E-state index in [-0.39, 0.29) is 17.9 Å². The fourth-order valence-corrected chi connectivity index (χ4v) is 1.92. The zero-order chi connectivity index (χ0) is 13.7. The SMILES string of the molecule is CC(C)CNC(C(C)C)C(O)C(=O)NCC1CC1. The molecule has 18 heavy (non-hydrogen) atoms. The Hall–Kier alpha value is -0.610. The molecule has 0 heterocycles. The number of amides is 1. The van der Waals surface area contributed by atoms with Gasteiger partial charge in [-0.25, -0.2) is 0 Å². The molecule has 4 nitrogen and oxygen atoms in total. The first-order valence-electron chi connectivity index (χ1n) is 7.11. The van der Waals surface area contributed by atoms with E-state index in [4.69, 9.17) is 0 Å². The lowest BCUT2D eigenvalue weighted by Crippen LogP contribution is -2.52. The van der Waals surface area contributed by atoms with Crippen molar-refractivity contribution in [2.24, 2.45) is 17.8 Å². The molecule has 1 fully saturated rings. The molecule has 4 heteroatoms. The topological polar surface area (TPSA) is 61.4 Å². The molecule has 0 aromatic rings. The third-order valence-corrected chi connectivity index (χ3v) is 3.35. The summed E-state index contributed by atoms with van der Waals surface area (Å²) in [6, 6.07) is -0.174. The Morgan fingerprint density at radius 3 is 2.33 bits per heavy atom. The van der Waals surface area contributed by atoms with Crippen molar-refractivity contribution in [2.75, 3.05) is 13.1 Å². The molecule has 1 aliphatic carbocycles. The predicted molar refractivity (Wildman–Crippen MR) is 73.2 cm³/mol. The summed E-state index contributed by atoms with van der Waals surface area (Å²) in [6.45, 7) is 9.80. The highest BCUT2D eigenvalue weighted by molar-refractivity contribution is 5.81. The van der Waals surface area contributed by atoms with E-state index in [2.05, 4.69) is 24.5 Å². The highest BCUT2D eigenvalue weighted by Crippen LogP contribution is 2.27. The molecule has 0 aromatic carbocycles. The number of hydrogen-bond donors (Lipinski definition) is 3. The van der Waals surface area contributed by atoms with Gasteiger partial charge >= 0.3 is 0 Å². The minimum absolute atomic E-state index is 0.174. The van der Waals surface area contributed by atoms with Crippen molar-refractivity contribution in [1.82, 2.24) is 10.6 Å². The molecule has 3 N–H and O–H groups in total. The smallest absolute Gasteiger partial charge is 0.250 e. The van der Waals surface area contributed by atoms with Gasteiger partial charge in [-0.3, -0.25) is 4.79 Å². The fourth-order valence-electron chi connectivity index (χ4n) is 1.92. The Kier molecular flexibility index (Phi) is 6.09. The second-order valence-electron chi connectivity index (χ2n) is 6.21. The molecule has 106 valence electrons. The molecular weight excluding hydrogens is 228 g/mol. The number of aliphatic hydroxyl groups excluding tert-OH is 1. The van der Waals surface area contributed by atoms with E-state index in [0.29, 0.717) is 18.4 Å². The molecule has 0 saturated heterocycles. The van der Waals surface area contributed by atoms with Crippen molar-refractivity contribution in [1.29, 1.82) is 0 Å². The van der Waals surface area contributed by atoms with Gasteiger partial charge in [0.15, 0.2) is 0 Å². The van der Waals surface area contributed by atoms with E-state index in [1.807, 2.05) is 13.8 Å². The van der Waals surface area contributed by atoms with E-state index >= 15 is 0 Å². The van der Waals surface area contributed by atoms with Gasteiger partial charge in [-0.15, -0.1) is 0 Å². The van der Waals surface area contributed by atoms with E-state index in [1.54, 1.807) is 0 Å².